The van der Waals surface area contributed by atoms with Crippen molar-refractivity contribution in [3.63, 3.8) is 0 Å². The van der Waals surface area contributed by atoms with E-state index in [0.717, 1.165) is 19.5 Å². The maximum Gasteiger partial charge on any atom is 0.265 e. The molecule has 1 amide bonds. The second-order valence-electron chi connectivity index (χ2n) is 4.33. The highest BCUT2D eigenvalue weighted by Crippen LogP contribution is 2.26. The van der Waals surface area contributed by atoms with Gasteiger partial charge in [0.25, 0.3) is 5.91 Å². The third-order valence-electron chi connectivity index (χ3n) is 3.10. The summed E-state index contributed by atoms with van der Waals surface area (Å²) in [7, 11) is 0. The lowest BCUT2D eigenvalue weighted by Crippen LogP contribution is -2.27. The zero-order valence-electron chi connectivity index (χ0n) is 9.68. The first kappa shape index (κ1) is 11.7. The third-order valence-corrected chi connectivity index (χ3v) is 4.25. The van der Waals surface area contributed by atoms with Crippen molar-refractivity contribution in [3.05, 3.63) is 46.5 Å². The maximum atomic E-state index is 11.6. The fraction of sp³-hybridized carbons (Fsp3) is 0.231. The topological polar surface area (TPSA) is 32.3 Å². The number of fused-ring (bicyclic) bond motifs is 1. The molecule has 3 nitrogen and oxygen atoms in total. The van der Waals surface area contributed by atoms with Crippen LogP contribution in [0.3, 0.4) is 0 Å². The van der Waals surface area contributed by atoms with Crippen molar-refractivity contribution in [1.29, 1.82) is 0 Å². The number of carbonyl (C=O) groups excluding carboxylic acids is 1. The number of benzene rings is 1. The number of rotatable bonds is 1. The molecule has 1 saturated heterocycles. The number of nitrogens with one attached hydrogen (secondary N) is 1. The SMILES string of the molecule is O=C1NC(=S)S/C1=C/N1CCc2ccccc2C1. The Kier molecular flexibility index (Phi) is 3.09. The molecule has 1 aromatic carbocycles. The van der Waals surface area contributed by atoms with Crippen LogP contribution in [0.5, 0.6) is 0 Å². The van der Waals surface area contributed by atoms with Crippen LogP contribution in [0.15, 0.2) is 35.4 Å². The summed E-state index contributed by atoms with van der Waals surface area (Å²) in [6.45, 7) is 1.81. The third kappa shape index (κ3) is 2.28. The molecule has 1 N–H and O–H groups in total. The van der Waals surface area contributed by atoms with Crippen LogP contribution in [0.25, 0.3) is 0 Å². The summed E-state index contributed by atoms with van der Waals surface area (Å²) >= 11 is 6.31. The Morgan fingerprint density at radius 2 is 2.11 bits per heavy atom. The summed E-state index contributed by atoms with van der Waals surface area (Å²) in [5.74, 6) is -0.0798. The second kappa shape index (κ2) is 4.74. The minimum absolute atomic E-state index is 0.0798. The van der Waals surface area contributed by atoms with Crippen LogP contribution in [0, 0.1) is 0 Å². The van der Waals surface area contributed by atoms with E-state index < -0.39 is 0 Å². The fourth-order valence-corrected chi connectivity index (χ4v) is 3.26. The van der Waals surface area contributed by atoms with Crippen LogP contribution in [-0.4, -0.2) is 21.7 Å². The van der Waals surface area contributed by atoms with Crippen molar-refractivity contribution < 1.29 is 4.79 Å². The highest BCUT2D eigenvalue weighted by molar-refractivity contribution is 8.26. The highest BCUT2D eigenvalue weighted by atomic mass is 32.2. The highest BCUT2D eigenvalue weighted by Gasteiger charge is 2.24. The minimum atomic E-state index is -0.0798. The van der Waals surface area contributed by atoms with Gasteiger partial charge in [0.05, 0.1) is 4.91 Å². The molecule has 0 spiro atoms. The largest absolute Gasteiger partial charge is 0.372 e. The maximum absolute atomic E-state index is 11.6. The summed E-state index contributed by atoms with van der Waals surface area (Å²) < 4.78 is 0.545. The van der Waals surface area contributed by atoms with Gasteiger partial charge in [-0.25, -0.2) is 0 Å². The molecule has 0 aliphatic carbocycles. The van der Waals surface area contributed by atoms with Gasteiger partial charge in [-0.3, -0.25) is 4.79 Å². The number of hydrogen-bond donors (Lipinski definition) is 1. The number of carbonyl (C=O) groups is 1. The van der Waals surface area contributed by atoms with Crippen molar-refractivity contribution in [2.75, 3.05) is 6.54 Å². The smallest absolute Gasteiger partial charge is 0.265 e. The molecule has 18 heavy (non-hydrogen) atoms. The van der Waals surface area contributed by atoms with Gasteiger partial charge in [0, 0.05) is 19.3 Å². The zero-order chi connectivity index (χ0) is 12.5. The number of amides is 1. The van der Waals surface area contributed by atoms with Crippen molar-refractivity contribution in [3.8, 4) is 0 Å². The molecule has 2 aliphatic rings. The lowest BCUT2D eigenvalue weighted by atomic mass is 10.0. The number of thioether (sulfide) groups is 1. The fourth-order valence-electron chi connectivity index (χ4n) is 2.20. The molecular formula is C13H12N2OS2. The van der Waals surface area contributed by atoms with Crippen LogP contribution in [-0.2, 0) is 17.8 Å². The van der Waals surface area contributed by atoms with Gasteiger partial charge in [-0.15, -0.1) is 0 Å². The summed E-state index contributed by atoms with van der Waals surface area (Å²) in [5, 5.41) is 2.64. The number of nitrogens with zero attached hydrogens (tertiary/aromatic N) is 1. The number of hydrogen-bond acceptors (Lipinski definition) is 4. The van der Waals surface area contributed by atoms with Gasteiger partial charge in [0.15, 0.2) is 0 Å². The van der Waals surface area contributed by atoms with E-state index in [9.17, 15) is 4.79 Å². The van der Waals surface area contributed by atoms with Crippen LogP contribution < -0.4 is 5.32 Å². The van der Waals surface area contributed by atoms with Crippen LogP contribution in [0.4, 0.5) is 0 Å². The van der Waals surface area contributed by atoms with Gasteiger partial charge in [0.1, 0.15) is 4.32 Å². The Hall–Kier alpha value is -1.33. The molecule has 0 aromatic heterocycles. The zero-order valence-corrected chi connectivity index (χ0v) is 11.3. The molecule has 0 atom stereocenters. The Morgan fingerprint density at radius 1 is 1.33 bits per heavy atom. The van der Waals surface area contributed by atoms with Gasteiger partial charge in [0.2, 0.25) is 0 Å². The molecule has 1 aromatic rings. The van der Waals surface area contributed by atoms with Gasteiger partial charge in [-0.05, 0) is 17.5 Å². The van der Waals surface area contributed by atoms with E-state index in [4.69, 9.17) is 12.2 Å². The average Bonchev–Trinajstić information content (AvgIpc) is 2.68. The standard InChI is InChI=1S/C13H12N2OS2/c16-12-11(18-13(17)14-12)8-15-6-5-9-3-1-2-4-10(9)7-15/h1-4,8H,5-7H2,(H,14,16,17)/b11-8+. The first-order valence-electron chi connectivity index (χ1n) is 5.78. The minimum Gasteiger partial charge on any atom is -0.372 e. The molecular weight excluding hydrogens is 264 g/mol. The summed E-state index contributed by atoms with van der Waals surface area (Å²) in [4.78, 5) is 14.5. The molecule has 2 heterocycles. The molecule has 2 aliphatic heterocycles. The van der Waals surface area contributed by atoms with Crippen LogP contribution >= 0.6 is 24.0 Å². The van der Waals surface area contributed by atoms with E-state index >= 15 is 0 Å². The monoisotopic (exact) mass is 276 g/mol. The van der Waals surface area contributed by atoms with Gasteiger partial charge in [-0.1, -0.05) is 48.2 Å². The first-order valence-corrected chi connectivity index (χ1v) is 7.01. The van der Waals surface area contributed by atoms with Gasteiger partial charge >= 0.3 is 0 Å². The Morgan fingerprint density at radius 3 is 2.83 bits per heavy atom. The molecule has 0 radical (unpaired) electrons. The van der Waals surface area contributed by atoms with E-state index in [-0.39, 0.29) is 5.91 Å². The predicted molar refractivity (Wildman–Crippen MR) is 77.0 cm³/mol. The number of thiocarbonyl (C=S) groups is 1. The van der Waals surface area contributed by atoms with Gasteiger partial charge in [-0.2, -0.15) is 0 Å². The first-order chi connectivity index (χ1) is 8.72. The molecule has 0 saturated carbocycles. The quantitative estimate of drug-likeness (QED) is 0.628. The molecule has 0 bridgehead atoms. The molecule has 5 heteroatoms. The van der Waals surface area contributed by atoms with Gasteiger partial charge < -0.3 is 10.2 Å². The summed E-state index contributed by atoms with van der Waals surface area (Å²) in [5.41, 5.74) is 2.75. The summed E-state index contributed by atoms with van der Waals surface area (Å²) in [6, 6.07) is 8.45. The van der Waals surface area contributed by atoms with Crippen molar-refractivity contribution in [2.24, 2.45) is 0 Å². The second-order valence-corrected chi connectivity index (χ2v) is 6.05. The Balaban J connectivity index is 1.79. The van der Waals surface area contributed by atoms with Crippen molar-refractivity contribution in [2.45, 2.75) is 13.0 Å². The summed E-state index contributed by atoms with van der Waals surface area (Å²) in [6.07, 6.45) is 2.95. The van der Waals surface area contributed by atoms with E-state index in [2.05, 4.69) is 34.5 Å². The van der Waals surface area contributed by atoms with E-state index in [1.165, 1.54) is 22.9 Å². The molecule has 92 valence electrons. The lowest BCUT2D eigenvalue weighted by Gasteiger charge is -2.27. The normalized spacial score (nSPS) is 21.1. The Labute approximate surface area is 115 Å². The van der Waals surface area contributed by atoms with E-state index in [1.807, 2.05) is 6.20 Å². The van der Waals surface area contributed by atoms with Crippen molar-refractivity contribution >= 4 is 34.2 Å². The molecule has 3 rings (SSSR count). The van der Waals surface area contributed by atoms with Crippen LogP contribution in [0.1, 0.15) is 11.1 Å². The van der Waals surface area contributed by atoms with Crippen molar-refractivity contribution in [1.82, 2.24) is 10.2 Å². The lowest BCUT2D eigenvalue weighted by molar-refractivity contribution is -0.115. The van der Waals surface area contributed by atoms with E-state index in [1.54, 1.807) is 0 Å². The van der Waals surface area contributed by atoms with Crippen LogP contribution in [0.2, 0.25) is 0 Å². The van der Waals surface area contributed by atoms with E-state index in [0.29, 0.717) is 9.23 Å². The Bertz CT molecular complexity index is 554. The predicted octanol–water partition coefficient (Wildman–Crippen LogP) is 2.03. The molecule has 1 fully saturated rings. The molecule has 0 unspecified atom stereocenters. The average molecular weight is 276 g/mol.